The first-order valence-electron chi connectivity index (χ1n) is 14.9. The molecule has 238 valence electrons. The van der Waals surface area contributed by atoms with E-state index in [1.807, 2.05) is 0 Å². The van der Waals surface area contributed by atoms with Crippen molar-refractivity contribution in [2.45, 2.75) is 52.5 Å². The lowest BCUT2D eigenvalue weighted by Gasteiger charge is -2.24. The molecule has 1 aliphatic heterocycles. The molecule has 1 unspecified atom stereocenters. The molecule has 0 bridgehead atoms. The van der Waals surface area contributed by atoms with Crippen LogP contribution >= 0.6 is 11.3 Å². The van der Waals surface area contributed by atoms with Crippen molar-refractivity contribution < 1.29 is 38.4 Å². The van der Waals surface area contributed by atoms with Crippen molar-refractivity contribution in [1.29, 1.82) is 0 Å². The second kappa shape index (κ2) is 15.4. The maximum absolute atomic E-state index is 13.7. The summed E-state index contributed by atoms with van der Waals surface area (Å²) in [6.07, 6.45) is 5.07. The molecule has 1 fully saturated rings. The number of carbonyl (C=O) groups excluding carboxylic acids is 3. The molecule has 1 N–H and O–H groups in total. The van der Waals surface area contributed by atoms with Gasteiger partial charge in [0.25, 0.3) is 5.78 Å². The zero-order valence-corrected chi connectivity index (χ0v) is 26.8. The van der Waals surface area contributed by atoms with Crippen molar-refractivity contribution in [3.05, 3.63) is 82.4 Å². The average Bonchev–Trinajstić information content (AvgIpc) is 3.55. The third-order valence-corrected chi connectivity index (χ3v) is 8.22. The Morgan fingerprint density at radius 3 is 2.49 bits per heavy atom. The first-order valence-corrected chi connectivity index (χ1v) is 15.7. The zero-order valence-electron chi connectivity index (χ0n) is 26.0. The van der Waals surface area contributed by atoms with E-state index < -0.39 is 23.7 Å². The molecular formula is C34H38N2O8S. The number of ether oxygens (including phenoxy) is 4. The summed E-state index contributed by atoms with van der Waals surface area (Å²) in [5, 5.41) is 11.7. The molecule has 1 atom stereocenters. The van der Waals surface area contributed by atoms with Crippen LogP contribution in [0.15, 0.2) is 60.7 Å². The number of carbonyl (C=O) groups is 3. The van der Waals surface area contributed by atoms with Crippen molar-refractivity contribution in [2.75, 3.05) is 31.8 Å². The molecule has 0 saturated carbocycles. The Balaban J connectivity index is 1.86. The van der Waals surface area contributed by atoms with E-state index in [1.54, 1.807) is 49.4 Å². The van der Waals surface area contributed by atoms with Crippen LogP contribution in [0.3, 0.4) is 0 Å². The summed E-state index contributed by atoms with van der Waals surface area (Å²) >= 11 is 0.922. The van der Waals surface area contributed by atoms with Gasteiger partial charge in [-0.3, -0.25) is 14.5 Å². The fourth-order valence-electron chi connectivity index (χ4n) is 4.74. The summed E-state index contributed by atoms with van der Waals surface area (Å²) in [5.74, 6) is -1.39. The summed E-state index contributed by atoms with van der Waals surface area (Å²) in [6.45, 7) is 10.3. The number of aliphatic hydroxyl groups excluding tert-OH is 1. The number of benzene rings is 2. The van der Waals surface area contributed by atoms with E-state index >= 15 is 0 Å². The smallest absolute Gasteiger partial charge is 0.350 e. The number of aryl methyl sites for hydroxylation is 1. The number of esters is 1. The molecule has 0 aliphatic carbocycles. The molecule has 11 heteroatoms. The maximum Gasteiger partial charge on any atom is 0.350 e. The number of hydrogen-bond acceptors (Lipinski definition) is 10. The number of methoxy groups -OCH3 is 1. The minimum absolute atomic E-state index is 0.00368. The molecule has 1 aliphatic rings. The Morgan fingerprint density at radius 2 is 1.80 bits per heavy atom. The highest BCUT2D eigenvalue weighted by molar-refractivity contribution is 7.17. The number of nitrogens with zero attached hydrogens (tertiary/aromatic N) is 2. The largest absolute Gasteiger partial charge is 0.507 e. The molecular weight excluding hydrogens is 596 g/mol. The average molecular weight is 635 g/mol. The van der Waals surface area contributed by atoms with Crippen LogP contribution in [-0.4, -0.2) is 54.7 Å². The number of Topliss-reactive ketones (excluding diaryl/α,β-unsaturated/α-hetero) is 1. The van der Waals surface area contributed by atoms with Gasteiger partial charge in [0.15, 0.2) is 16.6 Å². The van der Waals surface area contributed by atoms with Gasteiger partial charge >= 0.3 is 11.9 Å². The summed E-state index contributed by atoms with van der Waals surface area (Å²) in [5.41, 5.74) is 0.965. The second-order valence-corrected chi connectivity index (χ2v) is 11.3. The van der Waals surface area contributed by atoms with E-state index in [9.17, 15) is 19.5 Å². The third-order valence-electron chi connectivity index (χ3n) is 7.09. The van der Waals surface area contributed by atoms with E-state index in [2.05, 4.69) is 25.4 Å². The van der Waals surface area contributed by atoms with Gasteiger partial charge in [-0.05, 0) is 49.6 Å². The lowest BCUT2D eigenvalue weighted by Crippen LogP contribution is -2.29. The van der Waals surface area contributed by atoms with E-state index in [0.29, 0.717) is 47.3 Å². The van der Waals surface area contributed by atoms with Crippen LogP contribution in [0.5, 0.6) is 17.2 Å². The highest BCUT2D eigenvalue weighted by Crippen LogP contribution is 2.45. The Kier molecular flexibility index (Phi) is 11.4. The molecule has 45 heavy (non-hydrogen) atoms. The number of hydrogen-bond donors (Lipinski definition) is 1. The first kappa shape index (κ1) is 33.3. The van der Waals surface area contributed by atoms with Gasteiger partial charge in [-0.1, -0.05) is 68.9 Å². The van der Waals surface area contributed by atoms with E-state index in [4.69, 9.17) is 18.9 Å². The highest BCUT2D eigenvalue weighted by Gasteiger charge is 2.48. The lowest BCUT2D eigenvalue weighted by molar-refractivity contribution is -0.132. The van der Waals surface area contributed by atoms with Crippen LogP contribution in [0.4, 0.5) is 5.13 Å². The topological polar surface area (TPSA) is 124 Å². The first-order chi connectivity index (χ1) is 21.7. The monoisotopic (exact) mass is 634 g/mol. The van der Waals surface area contributed by atoms with E-state index in [-0.39, 0.29) is 27.9 Å². The summed E-state index contributed by atoms with van der Waals surface area (Å²) in [4.78, 5) is 46.0. The maximum atomic E-state index is 13.7. The van der Waals surface area contributed by atoms with Gasteiger partial charge in [0, 0.05) is 5.56 Å². The number of rotatable bonds is 15. The van der Waals surface area contributed by atoms with Crippen LogP contribution in [0, 0.1) is 6.92 Å². The summed E-state index contributed by atoms with van der Waals surface area (Å²) in [6, 6.07) is 10.7. The highest BCUT2D eigenvalue weighted by atomic mass is 32.1. The van der Waals surface area contributed by atoms with Gasteiger partial charge < -0.3 is 24.1 Å². The number of anilines is 1. The number of ketones is 1. The fourth-order valence-corrected chi connectivity index (χ4v) is 5.73. The number of thiazole rings is 1. The molecule has 1 saturated heterocycles. The van der Waals surface area contributed by atoms with Gasteiger partial charge in [0.2, 0.25) is 0 Å². The van der Waals surface area contributed by atoms with Crippen molar-refractivity contribution >= 4 is 39.9 Å². The molecule has 10 nitrogen and oxygen atoms in total. The molecule has 2 heterocycles. The van der Waals surface area contributed by atoms with Gasteiger partial charge in [-0.25, -0.2) is 9.78 Å². The summed E-state index contributed by atoms with van der Waals surface area (Å²) < 4.78 is 22.5. The SMILES string of the molecule is C=CCOC(=O)c1sc(N2C(=O)C(=O)C(=C(O)c3cccc(OCCCC)c3)C2c2ccc(OCCCC)c(OC)c2)nc1C. The molecule has 1 amide bonds. The minimum Gasteiger partial charge on any atom is -0.507 e. The third kappa shape index (κ3) is 7.37. The minimum atomic E-state index is -1.10. The number of unbranched alkanes of at least 4 members (excludes halogenated alkanes) is 2. The molecule has 2 aromatic carbocycles. The molecule has 1 aromatic heterocycles. The van der Waals surface area contributed by atoms with Crippen molar-refractivity contribution in [3.63, 3.8) is 0 Å². The predicted octanol–water partition coefficient (Wildman–Crippen LogP) is 6.79. The quantitative estimate of drug-likeness (QED) is 0.0481. The fraction of sp³-hybridized carbons (Fsp3) is 0.353. The van der Waals surface area contributed by atoms with Crippen molar-refractivity contribution in [2.24, 2.45) is 0 Å². The van der Waals surface area contributed by atoms with Gasteiger partial charge in [0.1, 0.15) is 23.0 Å². The van der Waals surface area contributed by atoms with Crippen molar-refractivity contribution in [1.82, 2.24) is 4.98 Å². The van der Waals surface area contributed by atoms with E-state index in [1.165, 1.54) is 18.1 Å². The van der Waals surface area contributed by atoms with Crippen LogP contribution in [-0.2, 0) is 14.3 Å². The van der Waals surface area contributed by atoms with Gasteiger partial charge in [-0.15, -0.1) is 0 Å². The Hall–Kier alpha value is -4.64. The van der Waals surface area contributed by atoms with Crippen LogP contribution in [0.1, 0.15) is 72.1 Å². The summed E-state index contributed by atoms with van der Waals surface area (Å²) in [7, 11) is 1.50. The lowest BCUT2D eigenvalue weighted by atomic mass is 9.95. The standard InChI is InChI=1S/C34H38N2O8S/c1-6-9-17-42-24-13-11-12-23(19-24)29(37)27-28(22-14-15-25(26(20-22)41-5)43-18-10-7-2)36(32(39)30(27)38)34-35-21(4)31(45-34)33(40)44-16-8-3/h8,11-15,19-20,28,37H,3,6-7,9-10,16-18H2,1-2,4-5H3. The van der Waals surface area contributed by atoms with Gasteiger partial charge in [-0.2, -0.15) is 0 Å². The number of aromatic nitrogens is 1. The van der Waals surface area contributed by atoms with Crippen LogP contribution < -0.4 is 19.1 Å². The van der Waals surface area contributed by atoms with E-state index in [0.717, 1.165) is 37.0 Å². The molecule has 0 spiro atoms. The second-order valence-electron chi connectivity index (χ2n) is 10.3. The Morgan fingerprint density at radius 1 is 1.07 bits per heavy atom. The Bertz CT molecular complexity index is 1590. The van der Waals surface area contributed by atoms with Crippen LogP contribution in [0.2, 0.25) is 0 Å². The number of amides is 1. The zero-order chi connectivity index (χ0) is 32.5. The predicted molar refractivity (Wildman–Crippen MR) is 172 cm³/mol. The molecule has 4 rings (SSSR count). The van der Waals surface area contributed by atoms with Gasteiger partial charge in [0.05, 0.1) is 37.6 Å². The molecule has 3 aromatic rings. The number of aliphatic hydroxyl groups is 1. The van der Waals surface area contributed by atoms with Crippen molar-refractivity contribution in [3.8, 4) is 17.2 Å². The normalized spacial score (nSPS) is 15.6. The molecule has 0 radical (unpaired) electrons. The van der Waals surface area contributed by atoms with Crippen LogP contribution in [0.25, 0.3) is 5.76 Å². The Labute approximate surface area is 266 Å².